The second kappa shape index (κ2) is 6.98. The number of rotatable bonds is 6. The van der Waals surface area contributed by atoms with Gasteiger partial charge in [-0.2, -0.15) is 5.10 Å². The molecule has 0 bridgehead atoms. The van der Waals surface area contributed by atoms with E-state index in [1.807, 2.05) is 13.8 Å². The fraction of sp³-hybridized carbons (Fsp3) is 0.500. The predicted octanol–water partition coefficient (Wildman–Crippen LogP) is 0.394. The Labute approximate surface area is 118 Å². The number of anilines is 1. The summed E-state index contributed by atoms with van der Waals surface area (Å²) in [5.41, 5.74) is 8.34. The standard InChI is InChI=1S/C12H19N5OS/c1-4-7-8(5-2)16-17-12(10(7)11(13)19)15-6-9(18)14-3/h4-6H2,1-3H3,(H2,13,19)(H,14,18)(H,15,17). The van der Waals surface area contributed by atoms with Gasteiger partial charge in [-0.25, -0.2) is 0 Å². The summed E-state index contributed by atoms with van der Waals surface area (Å²) in [6, 6.07) is 0. The highest BCUT2D eigenvalue weighted by atomic mass is 32.1. The molecule has 0 aliphatic heterocycles. The zero-order valence-electron chi connectivity index (χ0n) is 11.4. The number of carbonyl (C=O) groups is 1. The molecular weight excluding hydrogens is 262 g/mol. The van der Waals surface area contributed by atoms with Gasteiger partial charge in [0.25, 0.3) is 0 Å². The van der Waals surface area contributed by atoms with Crippen molar-refractivity contribution in [3.63, 3.8) is 0 Å². The lowest BCUT2D eigenvalue weighted by Crippen LogP contribution is -2.28. The summed E-state index contributed by atoms with van der Waals surface area (Å²) in [6.07, 6.45) is 1.53. The molecule has 0 saturated carbocycles. The largest absolute Gasteiger partial charge is 0.389 e. The lowest BCUT2D eigenvalue weighted by atomic mass is 10.0. The van der Waals surface area contributed by atoms with E-state index in [9.17, 15) is 4.79 Å². The van der Waals surface area contributed by atoms with Crippen molar-refractivity contribution < 1.29 is 4.79 Å². The molecule has 1 rings (SSSR count). The second-order valence-corrected chi connectivity index (χ2v) is 4.39. The van der Waals surface area contributed by atoms with Gasteiger partial charge in [-0.3, -0.25) is 4.79 Å². The van der Waals surface area contributed by atoms with Gasteiger partial charge in [0.2, 0.25) is 5.91 Å². The maximum absolute atomic E-state index is 11.3. The topological polar surface area (TPSA) is 92.9 Å². The Bertz CT molecular complexity index is 489. The summed E-state index contributed by atoms with van der Waals surface area (Å²) < 4.78 is 0. The van der Waals surface area contributed by atoms with Crippen molar-refractivity contribution in [2.75, 3.05) is 18.9 Å². The number of nitrogens with two attached hydrogens (primary N) is 1. The van der Waals surface area contributed by atoms with Gasteiger partial charge in [-0.05, 0) is 18.4 Å². The van der Waals surface area contributed by atoms with Crippen molar-refractivity contribution in [2.45, 2.75) is 26.7 Å². The van der Waals surface area contributed by atoms with Gasteiger partial charge in [-0.15, -0.1) is 5.10 Å². The van der Waals surface area contributed by atoms with E-state index in [1.54, 1.807) is 7.05 Å². The summed E-state index contributed by atoms with van der Waals surface area (Å²) in [4.78, 5) is 11.5. The van der Waals surface area contributed by atoms with E-state index in [0.717, 1.165) is 24.1 Å². The van der Waals surface area contributed by atoms with Gasteiger partial charge in [-0.1, -0.05) is 26.1 Å². The van der Waals surface area contributed by atoms with Crippen LogP contribution in [0.4, 0.5) is 5.82 Å². The highest BCUT2D eigenvalue weighted by Crippen LogP contribution is 2.20. The lowest BCUT2D eigenvalue weighted by molar-refractivity contribution is -0.118. The fourth-order valence-electron chi connectivity index (χ4n) is 1.81. The minimum Gasteiger partial charge on any atom is -0.389 e. The van der Waals surface area contributed by atoms with Crippen LogP contribution in [0.15, 0.2) is 0 Å². The van der Waals surface area contributed by atoms with E-state index in [1.165, 1.54) is 0 Å². The Kier molecular flexibility index (Phi) is 5.62. The molecule has 7 heteroatoms. The molecule has 0 unspecified atom stereocenters. The number of nitrogens with zero attached hydrogens (tertiary/aromatic N) is 2. The van der Waals surface area contributed by atoms with E-state index in [2.05, 4.69) is 20.8 Å². The first kappa shape index (κ1) is 15.3. The molecule has 1 heterocycles. The third-order valence-electron chi connectivity index (χ3n) is 2.79. The molecule has 0 aliphatic carbocycles. The van der Waals surface area contributed by atoms with Gasteiger partial charge >= 0.3 is 0 Å². The van der Waals surface area contributed by atoms with Crippen molar-refractivity contribution in [1.29, 1.82) is 0 Å². The molecular formula is C12H19N5OS. The van der Waals surface area contributed by atoms with Gasteiger partial charge in [0.15, 0.2) is 5.82 Å². The van der Waals surface area contributed by atoms with Gasteiger partial charge in [0, 0.05) is 7.05 Å². The van der Waals surface area contributed by atoms with Crippen LogP contribution in [0, 0.1) is 0 Å². The fourth-order valence-corrected chi connectivity index (χ4v) is 2.03. The van der Waals surface area contributed by atoms with Crippen LogP contribution in [0.25, 0.3) is 0 Å². The molecule has 1 aromatic rings. The van der Waals surface area contributed by atoms with Crippen LogP contribution >= 0.6 is 12.2 Å². The van der Waals surface area contributed by atoms with Crippen LogP contribution in [-0.2, 0) is 17.6 Å². The summed E-state index contributed by atoms with van der Waals surface area (Å²) >= 11 is 5.09. The maximum Gasteiger partial charge on any atom is 0.239 e. The molecule has 0 radical (unpaired) electrons. The molecule has 104 valence electrons. The molecule has 0 aliphatic rings. The van der Waals surface area contributed by atoms with Crippen molar-refractivity contribution in [3.8, 4) is 0 Å². The third kappa shape index (κ3) is 3.60. The first-order chi connectivity index (χ1) is 9.04. The smallest absolute Gasteiger partial charge is 0.239 e. The van der Waals surface area contributed by atoms with Crippen LogP contribution in [0.5, 0.6) is 0 Å². The number of hydrogen-bond donors (Lipinski definition) is 3. The summed E-state index contributed by atoms with van der Waals surface area (Å²) in [5, 5.41) is 13.7. The van der Waals surface area contributed by atoms with E-state index in [4.69, 9.17) is 18.0 Å². The average molecular weight is 281 g/mol. The minimum absolute atomic E-state index is 0.107. The normalized spacial score (nSPS) is 10.1. The molecule has 1 amide bonds. The Morgan fingerprint density at radius 2 is 2.00 bits per heavy atom. The first-order valence-corrected chi connectivity index (χ1v) is 6.58. The summed E-state index contributed by atoms with van der Waals surface area (Å²) in [6.45, 7) is 4.13. The lowest BCUT2D eigenvalue weighted by Gasteiger charge is -2.15. The number of hydrogen-bond acceptors (Lipinski definition) is 5. The van der Waals surface area contributed by atoms with Crippen molar-refractivity contribution in [1.82, 2.24) is 15.5 Å². The summed E-state index contributed by atoms with van der Waals surface area (Å²) in [5.74, 6) is 0.318. The van der Waals surface area contributed by atoms with Crippen molar-refractivity contribution in [2.24, 2.45) is 5.73 Å². The predicted molar refractivity (Wildman–Crippen MR) is 79.2 cm³/mol. The Morgan fingerprint density at radius 3 is 2.47 bits per heavy atom. The number of aromatic nitrogens is 2. The monoisotopic (exact) mass is 281 g/mol. The second-order valence-electron chi connectivity index (χ2n) is 3.95. The molecule has 0 fully saturated rings. The van der Waals surface area contributed by atoms with Crippen LogP contribution < -0.4 is 16.4 Å². The first-order valence-electron chi connectivity index (χ1n) is 6.17. The average Bonchev–Trinajstić information content (AvgIpc) is 2.42. The molecule has 6 nitrogen and oxygen atoms in total. The zero-order valence-corrected chi connectivity index (χ0v) is 12.2. The van der Waals surface area contributed by atoms with Gasteiger partial charge < -0.3 is 16.4 Å². The minimum atomic E-state index is -0.145. The molecule has 0 saturated heterocycles. The molecule has 0 aromatic carbocycles. The maximum atomic E-state index is 11.3. The Morgan fingerprint density at radius 1 is 1.32 bits per heavy atom. The third-order valence-corrected chi connectivity index (χ3v) is 2.99. The molecule has 0 spiro atoms. The quantitative estimate of drug-likeness (QED) is 0.653. The number of carbonyl (C=O) groups excluding carboxylic acids is 1. The SMILES string of the molecule is CCc1nnc(NCC(=O)NC)c(C(N)=S)c1CC. The number of amides is 1. The van der Waals surface area contributed by atoms with Crippen molar-refractivity contribution in [3.05, 3.63) is 16.8 Å². The zero-order chi connectivity index (χ0) is 14.4. The van der Waals surface area contributed by atoms with E-state index in [-0.39, 0.29) is 17.4 Å². The van der Waals surface area contributed by atoms with Crippen LogP contribution in [-0.4, -0.2) is 34.7 Å². The Balaban J connectivity index is 3.17. The molecule has 1 aromatic heterocycles. The van der Waals surface area contributed by atoms with Crippen molar-refractivity contribution >= 4 is 28.9 Å². The van der Waals surface area contributed by atoms with E-state index >= 15 is 0 Å². The number of likely N-dealkylation sites (N-methyl/N-ethyl adjacent to an activating group) is 1. The molecule has 4 N–H and O–H groups in total. The van der Waals surface area contributed by atoms with Gasteiger partial charge in [0.1, 0.15) is 4.99 Å². The Hall–Kier alpha value is -1.76. The number of thiocarbonyl (C=S) groups is 1. The van der Waals surface area contributed by atoms with E-state index < -0.39 is 0 Å². The molecule has 19 heavy (non-hydrogen) atoms. The van der Waals surface area contributed by atoms with Crippen LogP contribution in [0.2, 0.25) is 0 Å². The highest BCUT2D eigenvalue weighted by molar-refractivity contribution is 7.80. The number of nitrogens with one attached hydrogen (secondary N) is 2. The van der Waals surface area contributed by atoms with Gasteiger partial charge in [0.05, 0.1) is 17.8 Å². The highest BCUT2D eigenvalue weighted by Gasteiger charge is 2.16. The van der Waals surface area contributed by atoms with E-state index in [0.29, 0.717) is 11.4 Å². The number of aryl methyl sites for hydroxylation is 1. The summed E-state index contributed by atoms with van der Waals surface area (Å²) in [7, 11) is 1.57. The molecule has 0 atom stereocenters. The van der Waals surface area contributed by atoms with Crippen LogP contribution in [0.3, 0.4) is 0 Å². The van der Waals surface area contributed by atoms with Crippen LogP contribution in [0.1, 0.15) is 30.7 Å².